The average Bonchev–Trinajstić information content (AvgIpc) is 2.25. The molecule has 0 aliphatic rings. The molecule has 4 N–H and O–H groups in total. The molecule has 1 amide bonds. The molecule has 0 aromatic rings. The highest BCUT2D eigenvalue weighted by molar-refractivity contribution is 7.99. The quantitative estimate of drug-likeness (QED) is 0.516. The van der Waals surface area contributed by atoms with E-state index in [2.05, 4.69) is 12.2 Å². The predicted molar refractivity (Wildman–Crippen MR) is 74.1 cm³/mol. The average molecular weight is 262 g/mol. The first-order valence-corrected chi connectivity index (χ1v) is 7.28. The van der Waals surface area contributed by atoms with Crippen LogP contribution in [0.15, 0.2) is 0 Å². The maximum Gasteiger partial charge on any atom is 0.237 e. The van der Waals surface area contributed by atoms with Crippen LogP contribution in [0.3, 0.4) is 0 Å². The molecular weight excluding hydrogens is 236 g/mol. The number of hydrogen-bond donors (Lipinski definition) is 3. The third kappa shape index (κ3) is 6.91. The number of rotatable bonds is 10. The minimum Gasteiger partial charge on any atom is -0.396 e. The maximum absolute atomic E-state index is 11.4. The fourth-order valence-electron chi connectivity index (χ4n) is 1.66. The largest absolute Gasteiger partial charge is 0.396 e. The highest BCUT2D eigenvalue weighted by Crippen LogP contribution is 2.19. The number of likely N-dealkylation sites (N-methyl/N-ethyl adjacent to an activating group) is 1. The van der Waals surface area contributed by atoms with Crippen LogP contribution in [0.25, 0.3) is 0 Å². The second-order valence-corrected chi connectivity index (χ2v) is 6.07. The Kier molecular flexibility index (Phi) is 8.64. The molecule has 0 aromatic carbocycles. The molecule has 0 aliphatic carbocycles. The molecule has 0 radical (unpaired) electrons. The van der Waals surface area contributed by atoms with Gasteiger partial charge in [-0.2, -0.15) is 11.8 Å². The molecule has 5 heteroatoms. The first kappa shape index (κ1) is 16.7. The molecule has 0 saturated carbocycles. The van der Waals surface area contributed by atoms with E-state index in [1.54, 1.807) is 0 Å². The topological polar surface area (TPSA) is 75.3 Å². The van der Waals surface area contributed by atoms with Crippen LogP contribution >= 0.6 is 11.8 Å². The molecule has 2 atom stereocenters. The van der Waals surface area contributed by atoms with Crippen molar-refractivity contribution in [3.63, 3.8) is 0 Å². The van der Waals surface area contributed by atoms with E-state index in [4.69, 9.17) is 10.8 Å². The normalized spacial score (nSPS) is 16.5. The zero-order chi connectivity index (χ0) is 13.3. The second kappa shape index (κ2) is 8.78. The van der Waals surface area contributed by atoms with Crippen LogP contribution in [-0.4, -0.2) is 40.7 Å². The molecule has 4 nitrogen and oxygen atoms in total. The molecule has 102 valence electrons. The highest BCUT2D eigenvalue weighted by atomic mass is 32.2. The Morgan fingerprint density at radius 2 is 2.24 bits per heavy atom. The van der Waals surface area contributed by atoms with Gasteiger partial charge in [-0.15, -0.1) is 0 Å². The summed E-state index contributed by atoms with van der Waals surface area (Å²) in [6.07, 6.45) is 2.53. The van der Waals surface area contributed by atoms with Gasteiger partial charge in [0, 0.05) is 11.9 Å². The van der Waals surface area contributed by atoms with Gasteiger partial charge in [-0.3, -0.25) is 4.79 Å². The Morgan fingerprint density at radius 1 is 1.59 bits per heavy atom. The number of primary amides is 1. The van der Waals surface area contributed by atoms with Crippen LogP contribution in [-0.2, 0) is 4.79 Å². The summed E-state index contributed by atoms with van der Waals surface area (Å²) in [6, 6.07) is 0. The van der Waals surface area contributed by atoms with Gasteiger partial charge < -0.3 is 16.2 Å². The zero-order valence-corrected chi connectivity index (χ0v) is 12.0. The van der Waals surface area contributed by atoms with Crippen molar-refractivity contribution in [2.45, 2.75) is 50.8 Å². The fourth-order valence-corrected chi connectivity index (χ4v) is 2.65. The smallest absolute Gasteiger partial charge is 0.237 e. The number of aliphatic hydroxyl groups excluding tert-OH is 1. The third-order valence-electron chi connectivity index (χ3n) is 2.87. The summed E-state index contributed by atoms with van der Waals surface area (Å²) >= 11 is 1.83. The lowest BCUT2D eigenvalue weighted by Gasteiger charge is -2.27. The molecule has 0 aliphatic heterocycles. The lowest BCUT2D eigenvalue weighted by molar-refractivity contribution is -0.124. The maximum atomic E-state index is 11.4. The number of amides is 1. The summed E-state index contributed by atoms with van der Waals surface area (Å²) in [6.45, 7) is 6.93. The van der Waals surface area contributed by atoms with Crippen LogP contribution in [0.1, 0.15) is 40.0 Å². The van der Waals surface area contributed by atoms with Gasteiger partial charge in [0.25, 0.3) is 0 Å². The van der Waals surface area contributed by atoms with Crippen LogP contribution in [0.4, 0.5) is 0 Å². The van der Waals surface area contributed by atoms with Gasteiger partial charge in [0.1, 0.15) is 0 Å². The molecule has 0 fully saturated rings. The molecular formula is C12H26N2O2S. The van der Waals surface area contributed by atoms with Crippen molar-refractivity contribution in [2.24, 2.45) is 5.73 Å². The van der Waals surface area contributed by atoms with Crippen LogP contribution in [0.2, 0.25) is 0 Å². The summed E-state index contributed by atoms with van der Waals surface area (Å²) in [7, 11) is 0. The lowest BCUT2D eigenvalue weighted by Crippen LogP contribution is -2.53. The summed E-state index contributed by atoms with van der Waals surface area (Å²) < 4.78 is 0. The number of nitrogens with two attached hydrogens (primary N) is 1. The van der Waals surface area contributed by atoms with Crippen molar-refractivity contribution in [2.75, 3.05) is 18.9 Å². The summed E-state index contributed by atoms with van der Waals surface area (Å²) in [4.78, 5) is 11.4. The van der Waals surface area contributed by atoms with Crippen molar-refractivity contribution in [3.8, 4) is 0 Å². The molecule has 0 saturated heterocycles. The Bertz CT molecular complexity index is 227. The number of hydrogen-bond acceptors (Lipinski definition) is 4. The number of carbonyl (C=O) groups is 1. The van der Waals surface area contributed by atoms with Gasteiger partial charge in [0.2, 0.25) is 5.91 Å². The second-order valence-electron chi connectivity index (χ2n) is 4.52. The van der Waals surface area contributed by atoms with Gasteiger partial charge in [-0.1, -0.05) is 13.8 Å². The fraction of sp³-hybridized carbons (Fsp3) is 0.917. The number of thioether (sulfide) groups is 1. The van der Waals surface area contributed by atoms with Gasteiger partial charge in [-0.05, 0) is 38.5 Å². The Balaban J connectivity index is 3.87. The van der Waals surface area contributed by atoms with Crippen molar-refractivity contribution >= 4 is 17.7 Å². The minimum absolute atomic E-state index is 0.241. The van der Waals surface area contributed by atoms with Crippen LogP contribution < -0.4 is 11.1 Å². The van der Waals surface area contributed by atoms with E-state index >= 15 is 0 Å². The monoisotopic (exact) mass is 262 g/mol. The first-order chi connectivity index (χ1) is 7.96. The molecule has 0 heterocycles. The summed E-state index contributed by atoms with van der Waals surface area (Å²) in [5, 5.41) is 12.4. The standard InChI is InChI=1S/C12H26N2O2S/c1-4-14-12(3,11(13)16)7-5-9-17-10(2)6-8-15/h10,14-15H,4-9H2,1-3H3,(H2,13,16). The zero-order valence-electron chi connectivity index (χ0n) is 11.2. The van der Waals surface area contributed by atoms with E-state index in [-0.39, 0.29) is 12.5 Å². The third-order valence-corrected chi connectivity index (χ3v) is 4.20. The lowest BCUT2D eigenvalue weighted by atomic mass is 9.95. The predicted octanol–water partition coefficient (Wildman–Crippen LogP) is 1.12. The van der Waals surface area contributed by atoms with Crippen molar-refractivity contribution in [3.05, 3.63) is 0 Å². The Labute approximate surface area is 109 Å². The molecule has 17 heavy (non-hydrogen) atoms. The van der Waals surface area contributed by atoms with Gasteiger partial charge in [0.05, 0.1) is 5.54 Å². The van der Waals surface area contributed by atoms with Crippen molar-refractivity contribution in [1.82, 2.24) is 5.32 Å². The summed E-state index contributed by atoms with van der Waals surface area (Å²) in [5.41, 5.74) is 4.82. The van der Waals surface area contributed by atoms with E-state index in [1.807, 2.05) is 25.6 Å². The Morgan fingerprint density at radius 3 is 2.71 bits per heavy atom. The van der Waals surface area contributed by atoms with E-state index in [0.29, 0.717) is 5.25 Å². The van der Waals surface area contributed by atoms with Gasteiger partial charge >= 0.3 is 0 Å². The van der Waals surface area contributed by atoms with Gasteiger partial charge in [-0.25, -0.2) is 0 Å². The Hall–Kier alpha value is -0.260. The van der Waals surface area contributed by atoms with E-state index in [1.165, 1.54) is 0 Å². The molecule has 0 spiro atoms. The minimum atomic E-state index is -0.588. The van der Waals surface area contributed by atoms with Crippen molar-refractivity contribution in [1.29, 1.82) is 0 Å². The van der Waals surface area contributed by atoms with Crippen LogP contribution in [0, 0.1) is 0 Å². The summed E-state index contributed by atoms with van der Waals surface area (Å²) in [5.74, 6) is 0.711. The van der Waals surface area contributed by atoms with Gasteiger partial charge in [0.15, 0.2) is 0 Å². The number of nitrogens with one attached hydrogen (secondary N) is 1. The molecule has 2 unspecified atom stereocenters. The number of aliphatic hydroxyl groups is 1. The van der Waals surface area contributed by atoms with E-state index in [9.17, 15) is 4.79 Å². The first-order valence-electron chi connectivity index (χ1n) is 6.23. The number of carbonyl (C=O) groups excluding carboxylic acids is 1. The highest BCUT2D eigenvalue weighted by Gasteiger charge is 2.28. The molecule has 0 bridgehead atoms. The van der Waals surface area contributed by atoms with E-state index in [0.717, 1.165) is 31.6 Å². The van der Waals surface area contributed by atoms with E-state index < -0.39 is 5.54 Å². The molecule has 0 aromatic heterocycles. The molecule has 0 rings (SSSR count). The van der Waals surface area contributed by atoms with Crippen molar-refractivity contribution < 1.29 is 9.90 Å². The van der Waals surface area contributed by atoms with Crippen LogP contribution in [0.5, 0.6) is 0 Å². The SMILES string of the molecule is CCNC(C)(CCCSC(C)CCO)C(N)=O.